The van der Waals surface area contributed by atoms with E-state index in [1.165, 1.54) is 6.04 Å². The Morgan fingerprint density at radius 3 is 2.38 bits per heavy atom. The van der Waals surface area contributed by atoms with Gasteiger partial charge in [-0.25, -0.2) is 0 Å². The fourth-order valence-electron chi connectivity index (χ4n) is 2.84. The topological polar surface area (TPSA) is 75.7 Å². The molecule has 0 fully saturated rings. The van der Waals surface area contributed by atoms with E-state index in [9.17, 15) is 10.2 Å². The molecular weight excluding hydrogens is 362 g/mol. The summed E-state index contributed by atoms with van der Waals surface area (Å²) in [7, 11) is -1.32. The second-order valence-corrected chi connectivity index (χ2v) is 13.8. The molecule has 1 aromatic heterocycles. The lowest BCUT2D eigenvalue weighted by atomic mass is 9.94. The maximum absolute atomic E-state index is 9.24. The van der Waals surface area contributed by atoms with Gasteiger partial charge in [0.05, 0.1) is 33.4 Å². The van der Waals surface area contributed by atoms with Gasteiger partial charge in [0.2, 0.25) is 0 Å². The summed E-state index contributed by atoms with van der Waals surface area (Å²) in [5.41, 5.74) is 6.12. The van der Waals surface area contributed by atoms with Gasteiger partial charge in [-0.15, -0.1) is 0 Å². The van der Waals surface area contributed by atoms with Crippen LogP contribution in [0.3, 0.4) is 0 Å². The molecule has 0 unspecified atom stereocenters. The highest BCUT2D eigenvalue weighted by molar-refractivity contribution is 7.25. The SMILES string of the molecule is C[Si](C)(CCCOc1ccc(CCC(N)(CO)CO)cc1)c1cccs1. The fourth-order valence-corrected chi connectivity index (χ4v) is 6.91. The number of aryl methyl sites for hydroxylation is 1. The van der Waals surface area contributed by atoms with Crippen LogP contribution in [0.25, 0.3) is 0 Å². The lowest BCUT2D eigenvalue weighted by molar-refractivity contribution is 0.115. The predicted molar refractivity (Wildman–Crippen MR) is 112 cm³/mol. The minimum absolute atomic E-state index is 0.212. The molecule has 2 rings (SSSR count). The number of hydrogen-bond donors (Lipinski definition) is 3. The highest BCUT2D eigenvalue weighted by Crippen LogP contribution is 2.18. The molecule has 144 valence electrons. The van der Waals surface area contributed by atoms with E-state index < -0.39 is 13.6 Å². The zero-order chi connectivity index (χ0) is 19.0. The van der Waals surface area contributed by atoms with Crippen molar-refractivity contribution >= 4 is 23.9 Å². The Morgan fingerprint density at radius 2 is 1.81 bits per heavy atom. The van der Waals surface area contributed by atoms with Crippen LogP contribution in [0.2, 0.25) is 19.1 Å². The quantitative estimate of drug-likeness (QED) is 0.405. The van der Waals surface area contributed by atoms with Gasteiger partial charge in [0.25, 0.3) is 0 Å². The van der Waals surface area contributed by atoms with Crippen LogP contribution in [0.1, 0.15) is 18.4 Å². The molecule has 4 nitrogen and oxygen atoms in total. The summed E-state index contributed by atoms with van der Waals surface area (Å²) in [6.07, 6.45) is 2.34. The summed E-state index contributed by atoms with van der Waals surface area (Å²) in [5, 5.41) is 20.7. The van der Waals surface area contributed by atoms with Crippen molar-refractivity contribution in [1.82, 2.24) is 0 Å². The molecule has 0 amide bonds. The molecule has 0 saturated heterocycles. The van der Waals surface area contributed by atoms with E-state index in [0.717, 1.165) is 30.8 Å². The smallest absolute Gasteiger partial charge is 0.119 e. The van der Waals surface area contributed by atoms with Crippen LogP contribution >= 0.6 is 11.3 Å². The number of thiophene rings is 1. The van der Waals surface area contributed by atoms with Gasteiger partial charge in [0.15, 0.2) is 0 Å². The molecule has 0 aliphatic carbocycles. The van der Waals surface area contributed by atoms with E-state index in [4.69, 9.17) is 10.5 Å². The minimum atomic E-state index is -1.32. The predicted octanol–water partition coefficient (Wildman–Crippen LogP) is 2.75. The first-order valence-corrected chi connectivity index (χ1v) is 13.2. The van der Waals surface area contributed by atoms with Gasteiger partial charge in [-0.05, 0) is 52.9 Å². The summed E-state index contributed by atoms with van der Waals surface area (Å²) in [4.78, 5) is 0. The van der Waals surface area contributed by atoms with Gasteiger partial charge in [0.1, 0.15) is 5.75 Å². The molecule has 4 N–H and O–H groups in total. The summed E-state index contributed by atoms with van der Waals surface area (Å²) in [6, 6.07) is 13.6. The van der Waals surface area contributed by atoms with E-state index in [-0.39, 0.29) is 13.2 Å². The van der Waals surface area contributed by atoms with Crippen LogP contribution in [0.5, 0.6) is 5.75 Å². The number of rotatable bonds is 11. The van der Waals surface area contributed by atoms with Gasteiger partial charge < -0.3 is 20.7 Å². The Bertz CT molecular complexity index is 640. The van der Waals surface area contributed by atoms with Gasteiger partial charge in [-0.1, -0.05) is 37.4 Å². The molecule has 1 aromatic carbocycles. The monoisotopic (exact) mass is 393 g/mol. The third-order valence-electron chi connectivity index (χ3n) is 4.87. The average Bonchev–Trinajstić information content (AvgIpc) is 3.20. The molecular formula is C20H31NO3SSi. The maximum Gasteiger partial charge on any atom is 0.119 e. The van der Waals surface area contributed by atoms with Crippen LogP contribution in [0.4, 0.5) is 0 Å². The number of ether oxygens (including phenoxy) is 1. The molecule has 0 saturated carbocycles. The molecule has 6 heteroatoms. The van der Waals surface area contributed by atoms with Crippen molar-refractivity contribution < 1.29 is 14.9 Å². The molecule has 0 bridgehead atoms. The summed E-state index contributed by atoms with van der Waals surface area (Å²) in [6.45, 7) is 5.15. The van der Waals surface area contributed by atoms with Crippen molar-refractivity contribution in [2.75, 3.05) is 19.8 Å². The van der Waals surface area contributed by atoms with Crippen LogP contribution in [0, 0.1) is 0 Å². The Morgan fingerprint density at radius 1 is 1.12 bits per heavy atom. The lowest BCUT2D eigenvalue weighted by Crippen LogP contribution is -2.47. The van der Waals surface area contributed by atoms with E-state index in [1.807, 2.05) is 35.6 Å². The number of aliphatic hydroxyl groups is 2. The van der Waals surface area contributed by atoms with Gasteiger partial charge >= 0.3 is 0 Å². The van der Waals surface area contributed by atoms with Crippen LogP contribution in [0.15, 0.2) is 41.8 Å². The van der Waals surface area contributed by atoms with Gasteiger partial charge in [-0.2, -0.15) is 11.3 Å². The molecule has 0 radical (unpaired) electrons. The van der Waals surface area contributed by atoms with E-state index in [1.54, 1.807) is 4.50 Å². The van der Waals surface area contributed by atoms with Gasteiger partial charge in [0, 0.05) is 0 Å². The van der Waals surface area contributed by atoms with Crippen molar-refractivity contribution in [3.8, 4) is 5.75 Å². The summed E-state index contributed by atoms with van der Waals surface area (Å²) < 4.78 is 7.44. The van der Waals surface area contributed by atoms with Gasteiger partial charge in [-0.3, -0.25) is 0 Å². The largest absolute Gasteiger partial charge is 0.494 e. The van der Waals surface area contributed by atoms with Crippen LogP contribution in [-0.2, 0) is 6.42 Å². The second kappa shape index (κ2) is 9.67. The van der Waals surface area contributed by atoms with E-state index >= 15 is 0 Å². The normalized spacial score (nSPS) is 12.3. The third-order valence-corrected chi connectivity index (χ3v) is 10.7. The minimum Gasteiger partial charge on any atom is -0.494 e. The molecule has 26 heavy (non-hydrogen) atoms. The molecule has 0 aliphatic rings. The molecule has 0 spiro atoms. The van der Waals surface area contributed by atoms with Crippen molar-refractivity contribution in [3.63, 3.8) is 0 Å². The number of benzene rings is 1. The zero-order valence-electron chi connectivity index (χ0n) is 15.8. The average molecular weight is 394 g/mol. The highest BCUT2D eigenvalue weighted by atomic mass is 32.1. The summed E-state index contributed by atoms with van der Waals surface area (Å²) >= 11 is 1.88. The van der Waals surface area contributed by atoms with Crippen molar-refractivity contribution in [1.29, 1.82) is 0 Å². The van der Waals surface area contributed by atoms with Crippen LogP contribution < -0.4 is 15.0 Å². The summed E-state index contributed by atoms with van der Waals surface area (Å²) in [5.74, 6) is 0.882. The number of hydrogen-bond acceptors (Lipinski definition) is 5. The van der Waals surface area contributed by atoms with E-state index in [0.29, 0.717) is 6.42 Å². The first kappa shape index (κ1) is 21.1. The first-order chi connectivity index (χ1) is 12.4. The van der Waals surface area contributed by atoms with Crippen molar-refractivity contribution in [3.05, 3.63) is 47.3 Å². The molecule has 2 aromatic rings. The zero-order valence-corrected chi connectivity index (χ0v) is 17.6. The van der Waals surface area contributed by atoms with E-state index in [2.05, 4.69) is 30.6 Å². The Kier molecular flexibility index (Phi) is 7.85. The number of aliphatic hydroxyl groups excluding tert-OH is 2. The highest BCUT2D eigenvalue weighted by Gasteiger charge is 2.24. The Hall–Kier alpha value is -1.18. The van der Waals surface area contributed by atoms with Crippen molar-refractivity contribution in [2.45, 2.75) is 43.9 Å². The molecule has 0 aliphatic heterocycles. The maximum atomic E-state index is 9.24. The molecule has 1 heterocycles. The Balaban J connectivity index is 1.74. The second-order valence-electron chi connectivity index (χ2n) is 7.64. The van der Waals surface area contributed by atoms with Crippen LogP contribution in [-0.4, -0.2) is 43.6 Å². The first-order valence-electron chi connectivity index (χ1n) is 9.15. The fraction of sp³-hybridized carbons (Fsp3) is 0.500. The van der Waals surface area contributed by atoms with Crippen molar-refractivity contribution in [2.24, 2.45) is 5.73 Å². The Labute approximate surface area is 161 Å². The third kappa shape index (κ3) is 6.21. The standard InChI is InChI=1S/C20H31NO3SSi/c1-26(2,19-5-3-13-25-19)14-4-12-24-18-8-6-17(7-9-18)10-11-20(21,15-22)16-23/h3,5-9,13,22-23H,4,10-12,14-16,21H2,1-2H3. The lowest BCUT2D eigenvalue weighted by Gasteiger charge is -2.24. The molecule has 0 atom stereocenters. The number of nitrogens with two attached hydrogens (primary N) is 1.